The number of aryl methyl sites for hydroxylation is 4. The fraction of sp³-hybridized carbons (Fsp3) is 0.0538. The molecule has 0 aromatic heterocycles. The molecule has 0 radical (unpaired) electrons. The number of hydrogen-bond donors (Lipinski definition) is 0. The van der Waals surface area contributed by atoms with Crippen LogP contribution in [0.3, 0.4) is 0 Å². The number of fused-ring (bicyclic) bond motifs is 3. The lowest BCUT2D eigenvalue weighted by Gasteiger charge is -2.34. The van der Waals surface area contributed by atoms with Crippen molar-refractivity contribution in [3.63, 3.8) is 0 Å². The first-order valence-corrected chi connectivity index (χ1v) is 33.1. The Morgan fingerprint density at radius 2 is 0.589 bits per heavy atom. The number of anilines is 6. The molecule has 0 aliphatic heterocycles. The Morgan fingerprint density at radius 1 is 0.221 bits per heavy atom. The fourth-order valence-electron chi connectivity index (χ4n) is 15.6. The van der Waals surface area contributed by atoms with E-state index in [1.807, 2.05) is 0 Å². The van der Waals surface area contributed by atoms with Crippen molar-refractivity contribution in [3.8, 4) is 66.8 Å². The zero-order valence-electron chi connectivity index (χ0n) is 53.7. The van der Waals surface area contributed by atoms with Crippen molar-refractivity contribution in [1.29, 1.82) is 0 Å². The predicted molar refractivity (Wildman–Crippen MR) is 403 cm³/mol. The van der Waals surface area contributed by atoms with Crippen molar-refractivity contribution in [2.75, 3.05) is 9.80 Å². The third-order valence-electron chi connectivity index (χ3n) is 19.9. The molecule has 0 saturated heterocycles. The normalized spacial score (nSPS) is 12.3. The largest absolute Gasteiger partial charge is 0.310 e. The fourth-order valence-corrected chi connectivity index (χ4v) is 15.6. The van der Waals surface area contributed by atoms with Crippen molar-refractivity contribution in [2.24, 2.45) is 0 Å². The Balaban J connectivity index is 0.745. The zero-order valence-corrected chi connectivity index (χ0v) is 53.7. The van der Waals surface area contributed by atoms with Crippen molar-refractivity contribution in [3.05, 3.63) is 384 Å². The SMILES string of the molecule is Cc1cccc(-c2ccccc2-c2ccccc2-c2cccc(-c3ccc(N(c4cccc(C)c4)c4ccc5ccc6c(N(c7ccc(-c8cccc(C9(c%10cccc(C)c%10)c%10ccccc%10-c%10ccccc%109)c8)cc7)c7cccc(C)c7)ccc7ccc4c5c76)cc3)c2)c1. The summed E-state index contributed by atoms with van der Waals surface area (Å²) in [5.74, 6) is 0. The Morgan fingerprint density at radius 3 is 1.07 bits per heavy atom. The summed E-state index contributed by atoms with van der Waals surface area (Å²) in [7, 11) is 0. The van der Waals surface area contributed by atoms with Crippen molar-refractivity contribution in [2.45, 2.75) is 33.1 Å². The van der Waals surface area contributed by atoms with Gasteiger partial charge in [-0.05, 0) is 222 Å². The molecule has 1 aliphatic rings. The Kier molecular flexibility index (Phi) is 14.0. The van der Waals surface area contributed by atoms with E-state index in [1.165, 1.54) is 132 Å². The van der Waals surface area contributed by atoms with Gasteiger partial charge in [0.25, 0.3) is 0 Å². The van der Waals surface area contributed by atoms with Gasteiger partial charge >= 0.3 is 0 Å². The van der Waals surface area contributed by atoms with Gasteiger partial charge in [-0.1, -0.05) is 278 Å². The number of nitrogens with zero attached hydrogens (tertiary/aromatic N) is 2. The second-order valence-corrected chi connectivity index (χ2v) is 25.9. The van der Waals surface area contributed by atoms with Crippen LogP contribution in [0.2, 0.25) is 0 Å². The van der Waals surface area contributed by atoms with E-state index in [-0.39, 0.29) is 0 Å². The van der Waals surface area contributed by atoms with Gasteiger partial charge in [0.1, 0.15) is 0 Å². The first-order valence-electron chi connectivity index (χ1n) is 33.1. The summed E-state index contributed by atoms with van der Waals surface area (Å²) in [5.41, 5.74) is 30.8. The van der Waals surface area contributed by atoms with E-state index < -0.39 is 5.41 Å². The second kappa shape index (κ2) is 23.4. The van der Waals surface area contributed by atoms with Crippen LogP contribution in [0.5, 0.6) is 0 Å². The van der Waals surface area contributed by atoms with Crippen molar-refractivity contribution >= 4 is 66.4 Å². The lowest BCUT2D eigenvalue weighted by molar-refractivity contribution is 0.767. The Bertz CT molecular complexity index is 5570. The van der Waals surface area contributed by atoms with Crippen LogP contribution in [0, 0.1) is 27.7 Å². The van der Waals surface area contributed by atoms with Gasteiger partial charge in [0, 0.05) is 33.5 Å². The van der Waals surface area contributed by atoms with E-state index in [2.05, 4.69) is 377 Å². The summed E-state index contributed by atoms with van der Waals surface area (Å²) in [6.45, 7) is 8.74. The quantitative estimate of drug-likeness (QED) is 0.106. The average Bonchev–Trinajstić information content (AvgIpc) is 1.68. The second-order valence-electron chi connectivity index (χ2n) is 25.9. The minimum atomic E-state index is -0.488. The number of rotatable bonds is 13. The molecule has 0 spiro atoms. The molecular formula is C93H68N2. The van der Waals surface area contributed by atoms with Crippen LogP contribution >= 0.6 is 0 Å². The van der Waals surface area contributed by atoms with Gasteiger partial charge in [0.2, 0.25) is 0 Å². The van der Waals surface area contributed by atoms with Gasteiger partial charge in [0.05, 0.1) is 16.8 Å². The van der Waals surface area contributed by atoms with Crippen LogP contribution in [0.25, 0.3) is 99.1 Å². The Labute approximate surface area is 556 Å². The Hall–Kier alpha value is -11.8. The van der Waals surface area contributed by atoms with Crippen molar-refractivity contribution in [1.82, 2.24) is 0 Å². The molecule has 0 heterocycles. The summed E-state index contributed by atoms with van der Waals surface area (Å²) in [6.07, 6.45) is 0. The summed E-state index contributed by atoms with van der Waals surface area (Å²) >= 11 is 0. The number of hydrogen-bond acceptors (Lipinski definition) is 2. The van der Waals surface area contributed by atoms with Gasteiger partial charge in [-0.3, -0.25) is 0 Å². The first-order chi connectivity index (χ1) is 46.7. The highest BCUT2D eigenvalue weighted by atomic mass is 15.1. The van der Waals surface area contributed by atoms with E-state index in [1.54, 1.807) is 0 Å². The summed E-state index contributed by atoms with van der Waals surface area (Å²) < 4.78 is 0. The molecule has 17 rings (SSSR count). The van der Waals surface area contributed by atoms with Crippen LogP contribution in [-0.2, 0) is 5.41 Å². The molecule has 0 fully saturated rings. The average molecular weight is 1210 g/mol. The van der Waals surface area contributed by atoms with E-state index in [0.717, 1.165) is 45.3 Å². The highest BCUT2D eigenvalue weighted by Crippen LogP contribution is 2.57. The molecule has 0 N–H and O–H groups in total. The molecule has 0 atom stereocenters. The number of benzene rings is 16. The zero-order chi connectivity index (χ0) is 63.7. The van der Waals surface area contributed by atoms with E-state index in [0.29, 0.717) is 0 Å². The molecule has 0 unspecified atom stereocenters. The van der Waals surface area contributed by atoms with E-state index in [9.17, 15) is 0 Å². The molecule has 16 aromatic rings. The molecule has 450 valence electrons. The maximum Gasteiger partial charge on any atom is 0.0713 e. The van der Waals surface area contributed by atoms with Crippen LogP contribution in [0.15, 0.2) is 340 Å². The minimum Gasteiger partial charge on any atom is -0.310 e. The lowest BCUT2D eigenvalue weighted by atomic mass is 9.67. The van der Waals surface area contributed by atoms with E-state index >= 15 is 0 Å². The van der Waals surface area contributed by atoms with E-state index in [4.69, 9.17) is 0 Å². The van der Waals surface area contributed by atoms with Gasteiger partial charge in [-0.15, -0.1) is 0 Å². The topological polar surface area (TPSA) is 6.48 Å². The van der Waals surface area contributed by atoms with Crippen LogP contribution < -0.4 is 9.80 Å². The molecule has 1 aliphatic carbocycles. The highest BCUT2D eigenvalue weighted by molar-refractivity contribution is 6.28. The first kappa shape index (κ1) is 57.1. The van der Waals surface area contributed by atoms with Gasteiger partial charge in [-0.2, -0.15) is 0 Å². The van der Waals surface area contributed by atoms with Gasteiger partial charge in [0.15, 0.2) is 0 Å². The van der Waals surface area contributed by atoms with Gasteiger partial charge in [-0.25, -0.2) is 0 Å². The van der Waals surface area contributed by atoms with Crippen LogP contribution in [0.4, 0.5) is 34.1 Å². The molecule has 2 heteroatoms. The smallest absolute Gasteiger partial charge is 0.0713 e. The minimum absolute atomic E-state index is 0.488. The summed E-state index contributed by atoms with van der Waals surface area (Å²) in [4.78, 5) is 4.91. The molecule has 16 aromatic carbocycles. The summed E-state index contributed by atoms with van der Waals surface area (Å²) in [5, 5.41) is 7.31. The molecule has 0 amide bonds. The third-order valence-corrected chi connectivity index (χ3v) is 19.9. The van der Waals surface area contributed by atoms with Crippen LogP contribution in [0.1, 0.15) is 44.5 Å². The molecular weight excluding hydrogens is 1150 g/mol. The summed E-state index contributed by atoms with van der Waals surface area (Å²) in [6, 6.07) is 127. The maximum absolute atomic E-state index is 2.46. The molecule has 0 saturated carbocycles. The maximum atomic E-state index is 2.46. The van der Waals surface area contributed by atoms with Crippen molar-refractivity contribution < 1.29 is 0 Å². The highest BCUT2D eigenvalue weighted by Gasteiger charge is 2.46. The molecule has 2 nitrogen and oxygen atoms in total. The standard InChI is InChI=1S/C93H68N2/c1-61-19-13-25-71(55-61)79-31-5-7-33-81(79)82-34-8-6-32-80(82)72-26-17-23-69(59-72)65-39-47-75(48-40-65)94(77-29-15-21-63(3)57-77)89-53-45-67-44-52-86-90(54-46-68-43-51-85(89)91(67)92(68)86)95(78-30-16-22-64(4)58-78)76-49-41-66(42-50-76)70-24-18-28-74(60-70)93(73-27-14-20-62(2)56-73)87-37-11-9-35-83(87)84-36-10-12-38-88(84)93/h5-60H,1-4H3. The lowest BCUT2D eigenvalue weighted by Crippen LogP contribution is -2.28. The predicted octanol–water partition coefficient (Wildman–Crippen LogP) is 25.5. The monoisotopic (exact) mass is 1210 g/mol. The van der Waals surface area contributed by atoms with Crippen LogP contribution in [-0.4, -0.2) is 0 Å². The van der Waals surface area contributed by atoms with Gasteiger partial charge < -0.3 is 9.80 Å². The molecule has 95 heavy (non-hydrogen) atoms. The molecule has 0 bridgehead atoms. The third kappa shape index (κ3) is 9.79.